The number of esters is 2. The molecule has 2 aromatic carbocycles. The van der Waals surface area contributed by atoms with Crippen molar-refractivity contribution in [1.82, 2.24) is 4.57 Å². The normalized spacial score (nSPS) is 15.2. The minimum absolute atomic E-state index is 0.00523. The number of benzene rings is 2. The fourth-order valence-electron chi connectivity index (χ4n) is 4.13. The van der Waals surface area contributed by atoms with Gasteiger partial charge in [0.2, 0.25) is 0 Å². The Bertz CT molecular complexity index is 1600. The van der Waals surface area contributed by atoms with E-state index in [1.807, 2.05) is 38.1 Å². The molecule has 1 aliphatic heterocycles. The van der Waals surface area contributed by atoms with Crippen molar-refractivity contribution in [2.45, 2.75) is 46.8 Å². The monoisotopic (exact) mass is 598 g/mol. The van der Waals surface area contributed by atoms with E-state index >= 15 is 0 Å². The smallest absolute Gasteiger partial charge is 0.338 e. The topological polar surface area (TPSA) is 96.2 Å². The molecule has 198 valence electrons. The van der Waals surface area contributed by atoms with Crippen LogP contribution in [-0.2, 0) is 14.3 Å². The molecule has 0 radical (unpaired) electrons. The van der Waals surface area contributed by atoms with Crippen LogP contribution >= 0.6 is 27.3 Å². The predicted octanol–water partition coefficient (Wildman–Crippen LogP) is 4.27. The lowest BCUT2D eigenvalue weighted by Crippen LogP contribution is -2.39. The number of fused-ring (bicyclic) bond motifs is 1. The number of hydrogen-bond acceptors (Lipinski definition) is 8. The summed E-state index contributed by atoms with van der Waals surface area (Å²) in [5.41, 5.74) is 1.71. The van der Waals surface area contributed by atoms with E-state index in [4.69, 9.17) is 14.2 Å². The summed E-state index contributed by atoms with van der Waals surface area (Å²) < 4.78 is 19.1. The van der Waals surface area contributed by atoms with Crippen LogP contribution in [0, 0.1) is 0 Å². The molecule has 3 aromatic rings. The van der Waals surface area contributed by atoms with Crippen LogP contribution in [0.1, 0.15) is 51.8 Å². The molecule has 0 bridgehead atoms. The number of thiazole rings is 1. The largest absolute Gasteiger partial charge is 0.491 e. The van der Waals surface area contributed by atoms with Gasteiger partial charge in [-0.05, 0) is 69.7 Å². The zero-order chi connectivity index (χ0) is 27.6. The number of halogens is 1. The molecule has 0 N–H and O–H groups in total. The minimum Gasteiger partial charge on any atom is -0.491 e. The molecule has 0 spiro atoms. The van der Waals surface area contributed by atoms with Crippen molar-refractivity contribution in [1.29, 1.82) is 0 Å². The van der Waals surface area contributed by atoms with Crippen molar-refractivity contribution >= 4 is 45.3 Å². The summed E-state index contributed by atoms with van der Waals surface area (Å²) in [6.07, 6.45) is 1.66. The van der Waals surface area contributed by atoms with E-state index < -0.39 is 18.0 Å². The number of carbonyl (C=O) groups is 2. The van der Waals surface area contributed by atoms with Gasteiger partial charge in [0.15, 0.2) is 4.80 Å². The summed E-state index contributed by atoms with van der Waals surface area (Å²) in [6.45, 7) is 8.85. The first-order valence-electron chi connectivity index (χ1n) is 12.0. The molecular formula is C28H27BrN2O6S. The van der Waals surface area contributed by atoms with Crippen LogP contribution < -0.4 is 24.4 Å². The van der Waals surface area contributed by atoms with Gasteiger partial charge in [0.25, 0.3) is 5.56 Å². The van der Waals surface area contributed by atoms with E-state index in [0.717, 1.165) is 4.47 Å². The van der Waals surface area contributed by atoms with E-state index in [0.29, 0.717) is 43.2 Å². The lowest BCUT2D eigenvalue weighted by atomic mass is 9.96. The van der Waals surface area contributed by atoms with E-state index in [2.05, 4.69) is 20.9 Å². The first-order valence-corrected chi connectivity index (χ1v) is 13.6. The second-order valence-corrected chi connectivity index (χ2v) is 10.7. The summed E-state index contributed by atoms with van der Waals surface area (Å²) in [5, 5.41) is 0. The molecule has 1 aromatic heterocycles. The van der Waals surface area contributed by atoms with Gasteiger partial charge in [-0.1, -0.05) is 39.4 Å². The molecule has 2 heterocycles. The molecular weight excluding hydrogens is 572 g/mol. The van der Waals surface area contributed by atoms with Crippen molar-refractivity contribution in [3.05, 3.63) is 89.0 Å². The average molecular weight is 600 g/mol. The van der Waals surface area contributed by atoms with E-state index in [1.54, 1.807) is 38.1 Å². The second-order valence-electron chi connectivity index (χ2n) is 8.81. The number of ether oxygens (including phenoxy) is 3. The van der Waals surface area contributed by atoms with Gasteiger partial charge >= 0.3 is 11.9 Å². The maximum atomic E-state index is 13.8. The standard InChI is InChI=1S/C28H27BrN2O6S/c1-6-35-27(34)24-16(4)30-28-31(25(24)18-7-10-21(11-8-18)36-15(2)3)26(33)23(38-28)14-19-13-20(29)9-12-22(19)37-17(5)32/h7-15,25H,6H2,1-5H3/b23-14-/t25-/m0/s1. The fourth-order valence-corrected chi connectivity index (χ4v) is 5.55. The number of allylic oxidation sites excluding steroid dienone is 1. The summed E-state index contributed by atoms with van der Waals surface area (Å²) in [4.78, 5) is 43.6. The van der Waals surface area contributed by atoms with Crippen molar-refractivity contribution in [3.63, 3.8) is 0 Å². The van der Waals surface area contributed by atoms with E-state index in [-0.39, 0.29) is 18.3 Å². The molecule has 0 amide bonds. The zero-order valence-electron chi connectivity index (χ0n) is 21.6. The van der Waals surface area contributed by atoms with Crippen LogP contribution in [0.3, 0.4) is 0 Å². The molecule has 10 heteroatoms. The van der Waals surface area contributed by atoms with E-state index in [9.17, 15) is 14.4 Å². The van der Waals surface area contributed by atoms with Gasteiger partial charge in [-0.3, -0.25) is 14.2 Å². The third-order valence-electron chi connectivity index (χ3n) is 5.60. The summed E-state index contributed by atoms with van der Waals surface area (Å²) in [7, 11) is 0. The lowest BCUT2D eigenvalue weighted by Gasteiger charge is -2.25. The highest BCUT2D eigenvalue weighted by molar-refractivity contribution is 9.10. The highest BCUT2D eigenvalue weighted by Crippen LogP contribution is 2.32. The summed E-state index contributed by atoms with van der Waals surface area (Å²) in [5.74, 6) is 0.0112. The third kappa shape index (κ3) is 5.81. The van der Waals surface area contributed by atoms with Crippen LogP contribution in [0.4, 0.5) is 0 Å². The molecule has 4 rings (SSSR count). The van der Waals surface area contributed by atoms with Crippen LogP contribution in [-0.4, -0.2) is 29.2 Å². The van der Waals surface area contributed by atoms with Crippen molar-refractivity contribution in [2.24, 2.45) is 4.99 Å². The van der Waals surface area contributed by atoms with Gasteiger partial charge < -0.3 is 14.2 Å². The molecule has 1 atom stereocenters. The van der Waals surface area contributed by atoms with Gasteiger partial charge in [0.05, 0.1) is 34.6 Å². The lowest BCUT2D eigenvalue weighted by molar-refractivity contribution is -0.139. The number of rotatable bonds is 7. The Kier molecular flexibility index (Phi) is 8.32. The van der Waals surface area contributed by atoms with Gasteiger partial charge in [-0.2, -0.15) is 0 Å². The van der Waals surface area contributed by atoms with Crippen LogP contribution in [0.25, 0.3) is 6.08 Å². The van der Waals surface area contributed by atoms with Crippen LogP contribution in [0.2, 0.25) is 0 Å². The maximum absolute atomic E-state index is 13.8. The van der Waals surface area contributed by atoms with Crippen molar-refractivity contribution in [3.8, 4) is 11.5 Å². The van der Waals surface area contributed by atoms with Gasteiger partial charge in [0, 0.05) is 17.0 Å². The highest BCUT2D eigenvalue weighted by atomic mass is 79.9. The Morgan fingerprint density at radius 3 is 2.53 bits per heavy atom. The predicted molar refractivity (Wildman–Crippen MR) is 148 cm³/mol. The molecule has 0 fully saturated rings. The third-order valence-corrected chi connectivity index (χ3v) is 7.07. The molecule has 0 saturated carbocycles. The Morgan fingerprint density at radius 2 is 1.89 bits per heavy atom. The number of carbonyl (C=O) groups excluding carboxylic acids is 2. The van der Waals surface area contributed by atoms with Crippen LogP contribution in [0.15, 0.2) is 68.0 Å². The van der Waals surface area contributed by atoms with Crippen molar-refractivity contribution in [2.75, 3.05) is 6.61 Å². The molecule has 0 aliphatic carbocycles. The first-order chi connectivity index (χ1) is 18.1. The molecule has 8 nitrogen and oxygen atoms in total. The Balaban J connectivity index is 1.92. The minimum atomic E-state index is -0.740. The average Bonchev–Trinajstić information content (AvgIpc) is 3.14. The quantitative estimate of drug-likeness (QED) is 0.297. The molecule has 1 aliphatic rings. The Hall–Kier alpha value is -3.50. The number of aromatic nitrogens is 1. The maximum Gasteiger partial charge on any atom is 0.338 e. The molecule has 0 saturated heterocycles. The number of hydrogen-bond donors (Lipinski definition) is 0. The Morgan fingerprint density at radius 1 is 1.18 bits per heavy atom. The fraction of sp³-hybridized carbons (Fsp3) is 0.286. The zero-order valence-corrected chi connectivity index (χ0v) is 24.0. The van der Waals surface area contributed by atoms with Gasteiger partial charge in [-0.25, -0.2) is 9.79 Å². The van der Waals surface area contributed by atoms with Gasteiger partial charge in [-0.15, -0.1) is 0 Å². The Labute approximate surface area is 232 Å². The SMILES string of the molecule is CCOC(=O)C1=C(C)N=c2s/c(=C\c3cc(Br)ccc3OC(C)=O)c(=O)n2[C@H]1c1ccc(OC(C)C)cc1. The van der Waals surface area contributed by atoms with Crippen molar-refractivity contribution < 1.29 is 23.8 Å². The second kappa shape index (κ2) is 11.5. The highest BCUT2D eigenvalue weighted by Gasteiger charge is 2.33. The molecule has 0 unspecified atom stereocenters. The van der Waals surface area contributed by atoms with Gasteiger partial charge in [0.1, 0.15) is 11.5 Å². The first kappa shape index (κ1) is 27.5. The summed E-state index contributed by atoms with van der Waals surface area (Å²) >= 11 is 4.62. The van der Waals surface area contributed by atoms with E-state index in [1.165, 1.54) is 22.8 Å². The van der Waals surface area contributed by atoms with Crippen LogP contribution in [0.5, 0.6) is 11.5 Å². The number of nitrogens with zero attached hydrogens (tertiary/aromatic N) is 2. The molecule has 38 heavy (non-hydrogen) atoms. The summed E-state index contributed by atoms with van der Waals surface area (Å²) in [6, 6.07) is 11.7.